The molecule has 0 N–H and O–H groups in total. The molecule has 2 heteroatoms. The number of rotatable bonds is 0. The first kappa shape index (κ1) is 9.52. The fourth-order valence-electron chi connectivity index (χ4n) is 0.906. The van der Waals surface area contributed by atoms with Crippen LogP contribution in [0, 0.1) is 0 Å². The molecule has 0 atom stereocenters. The number of ketones is 1. The predicted octanol–water partition coefficient (Wildman–Crippen LogP) is 3.03. The summed E-state index contributed by atoms with van der Waals surface area (Å²) in [4.78, 5) is 9.44. The van der Waals surface area contributed by atoms with E-state index >= 15 is 0 Å². The first-order valence-electron chi connectivity index (χ1n) is 4.09. The lowest BCUT2D eigenvalue weighted by molar-refractivity contribution is -0.114. The smallest absolute Gasteiger partial charge is 0.133 e. The van der Waals surface area contributed by atoms with Crippen LogP contribution < -0.4 is 0 Å². The van der Waals surface area contributed by atoms with E-state index in [9.17, 15) is 4.79 Å². The van der Waals surface area contributed by atoms with Gasteiger partial charge in [0.2, 0.25) is 0 Å². The van der Waals surface area contributed by atoms with Crippen LogP contribution in [0.25, 0.3) is 11.0 Å². The van der Waals surface area contributed by atoms with Gasteiger partial charge in [0.1, 0.15) is 11.4 Å². The highest BCUT2D eigenvalue weighted by atomic mass is 16.3. The summed E-state index contributed by atoms with van der Waals surface area (Å²) >= 11 is 0. The molecule has 2 rings (SSSR count). The molecule has 0 aliphatic carbocycles. The van der Waals surface area contributed by atoms with Crippen molar-refractivity contribution < 1.29 is 9.21 Å². The number of furan rings is 1. The summed E-state index contributed by atoms with van der Waals surface area (Å²) in [6.07, 6.45) is 1.70. The maximum atomic E-state index is 9.44. The Kier molecular flexibility index (Phi) is 3.26. The third-order valence-electron chi connectivity index (χ3n) is 1.36. The van der Waals surface area contributed by atoms with Crippen molar-refractivity contribution in [1.82, 2.24) is 0 Å². The normalized spacial score (nSPS) is 9.08. The van der Waals surface area contributed by atoms with E-state index in [0.717, 1.165) is 11.0 Å². The Labute approximate surface area is 77.2 Å². The van der Waals surface area contributed by atoms with Gasteiger partial charge < -0.3 is 9.21 Å². The van der Waals surface area contributed by atoms with Gasteiger partial charge in [0.05, 0.1) is 6.26 Å². The number of fused-ring (bicyclic) bond motifs is 1. The molecule has 0 aliphatic rings. The number of hydrogen-bond acceptors (Lipinski definition) is 2. The van der Waals surface area contributed by atoms with Crippen LogP contribution in [0.1, 0.15) is 13.8 Å². The Morgan fingerprint density at radius 1 is 1.15 bits per heavy atom. The maximum Gasteiger partial charge on any atom is 0.133 e. The number of Topliss-reactive ketones (excluding diaryl/α,β-unsaturated/α-hetero) is 1. The lowest BCUT2D eigenvalue weighted by atomic mass is 10.3. The molecular weight excluding hydrogens is 164 g/mol. The number of carbonyl (C=O) groups is 1. The Balaban J connectivity index is 0.000000184. The predicted molar refractivity (Wildman–Crippen MR) is 52.6 cm³/mol. The van der Waals surface area contributed by atoms with Crippen molar-refractivity contribution in [1.29, 1.82) is 0 Å². The largest absolute Gasteiger partial charge is 0.464 e. The van der Waals surface area contributed by atoms with Crippen LogP contribution in [-0.4, -0.2) is 5.78 Å². The number of para-hydroxylation sites is 1. The summed E-state index contributed by atoms with van der Waals surface area (Å²) in [5, 5.41) is 1.16. The minimum absolute atomic E-state index is 0.167. The molecule has 68 valence electrons. The van der Waals surface area contributed by atoms with Crippen molar-refractivity contribution in [2.75, 3.05) is 0 Å². The van der Waals surface area contributed by atoms with Gasteiger partial charge in [0.25, 0.3) is 0 Å². The second-order valence-corrected chi connectivity index (χ2v) is 2.87. The molecule has 0 saturated carbocycles. The van der Waals surface area contributed by atoms with Crippen LogP contribution >= 0.6 is 0 Å². The molecule has 0 unspecified atom stereocenters. The van der Waals surface area contributed by atoms with E-state index in [4.69, 9.17) is 4.42 Å². The summed E-state index contributed by atoms with van der Waals surface area (Å²) in [6, 6.07) is 9.90. The van der Waals surface area contributed by atoms with Crippen molar-refractivity contribution in [2.24, 2.45) is 0 Å². The van der Waals surface area contributed by atoms with Crippen LogP contribution in [0.3, 0.4) is 0 Å². The zero-order valence-electron chi connectivity index (χ0n) is 7.78. The highest BCUT2D eigenvalue weighted by Gasteiger charge is 1.89. The van der Waals surface area contributed by atoms with E-state index in [1.54, 1.807) is 6.26 Å². The van der Waals surface area contributed by atoms with Crippen molar-refractivity contribution in [2.45, 2.75) is 13.8 Å². The maximum absolute atomic E-state index is 9.44. The zero-order valence-corrected chi connectivity index (χ0v) is 7.78. The SMILES string of the molecule is CC(C)=O.c1ccc2occc2c1. The third kappa shape index (κ3) is 3.11. The molecular formula is C11H12O2. The van der Waals surface area contributed by atoms with Crippen molar-refractivity contribution >= 4 is 16.8 Å². The summed E-state index contributed by atoms with van der Waals surface area (Å²) in [5.74, 6) is 0.167. The average Bonchev–Trinajstić information content (AvgIpc) is 2.49. The minimum atomic E-state index is 0.167. The molecule has 13 heavy (non-hydrogen) atoms. The first-order chi connectivity index (χ1) is 6.20. The molecule has 2 nitrogen and oxygen atoms in total. The summed E-state index contributed by atoms with van der Waals surface area (Å²) in [6.45, 7) is 3.06. The molecule has 0 amide bonds. The van der Waals surface area contributed by atoms with Gasteiger partial charge in [0, 0.05) is 5.39 Å². The molecule has 1 heterocycles. The fourth-order valence-corrected chi connectivity index (χ4v) is 0.906. The fraction of sp³-hybridized carbons (Fsp3) is 0.182. The molecule has 1 aromatic heterocycles. The van der Waals surface area contributed by atoms with Gasteiger partial charge in [-0.1, -0.05) is 18.2 Å². The molecule has 0 spiro atoms. The van der Waals surface area contributed by atoms with Gasteiger partial charge in [-0.2, -0.15) is 0 Å². The molecule has 2 aromatic rings. The summed E-state index contributed by atoms with van der Waals surface area (Å²) in [7, 11) is 0. The van der Waals surface area contributed by atoms with Crippen LogP contribution in [0.4, 0.5) is 0 Å². The molecule has 0 aliphatic heterocycles. The molecule has 0 fully saturated rings. The first-order valence-corrected chi connectivity index (χ1v) is 4.09. The van der Waals surface area contributed by atoms with Gasteiger partial charge >= 0.3 is 0 Å². The lowest BCUT2D eigenvalue weighted by Crippen LogP contribution is -1.69. The standard InChI is InChI=1S/C8H6O.C3H6O/c1-2-4-8-7(3-1)5-6-9-8;1-3(2)4/h1-6H;1-2H3. The zero-order chi connectivity index (χ0) is 9.68. The number of carbonyl (C=O) groups excluding carboxylic acids is 1. The van der Waals surface area contributed by atoms with Crippen LogP contribution in [0.15, 0.2) is 41.0 Å². The van der Waals surface area contributed by atoms with Gasteiger partial charge in [-0.25, -0.2) is 0 Å². The Bertz CT molecular complexity index is 353. The third-order valence-corrected chi connectivity index (χ3v) is 1.36. The summed E-state index contributed by atoms with van der Waals surface area (Å²) in [5.41, 5.74) is 0.956. The summed E-state index contributed by atoms with van der Waals surface area (Å²) < 4.78 is 5.12. The minimum Gasteiger partial charge on any atom is -0.464 e. The van der Waals surface area contributed by atoms with E-state index < -0.39 is 0 Å². The van der Waals surface area contributed by atoms with Crippen LogP contribution in [-0.2, 0) is 4.79 Å². The van der Waals surface area contributed by atoms with Gasteiger partial charge in [0.15, 0.2) is 0 Å². The van der Waals surface area contributed by atoms with Gasteiger partial charge in [-0.15, -0.1) is 0 Å². The topological polar surface area (TPSA) is 30.2 Å². The van der Waals surface area contributed by atoms with Crippen LogP contribution in [0.2, 0.25) is 0 Å². The highest BCUT2D eigenvalue weighted by molar-refractivity contribution is 5.76. The Morgan fingerprint density at radius 2 is 1.77 bits per heavy atom. The lowest BCUT2D eigenvalue weighted by Gasteiger charge is -1.81. The van der Waals surface area contributed by atoms with E-state index in [2.05, 4.69) is 0 Å². The quantitative estimate of drug-likeness (QED) is 0.617. The highest BCUT2D eigenvalue weighted by Crippen LogP contribution is 2.12. The van der Waals surface area contributed by atoms with Crippen LogP contribution in [0.5, 0.6) is 0 Å². The number of hydrogen-bond donors (Lipinski definition) is 0. The van der Waals surface area contributed by atoms with E-state index in [1.807, 2.05) is 30.3 Å². The van der Waals surface area contributed by atoms with E-state index in [-0.39, 0.29) is 5.78 Å². The Hall–Kier alpha value is -1.57. The molecule has 0 bridgehead atoms. The number of benzene rings is 1. The van der Waals surface area contributed by atoms with Crippen molar-refractivity contribution in [3.63, 3.8) is 0 Å². The molecule has 0 saturated heterocycles. The monoisotopic (exact) mass is 176 g/mol. The Morgan fingerprint density at radius 3 is 2.38 bits per heavy atom. The molecule has 0 radical (unpaired) electrons. The van der Waals surface area contributed by atoms with Gasteiger partial charge in [-0.3, -0.25) is 0 Å². The second kappa shape index (κ2) is 4.45. The molecule has 1 aromatic carbocycles. The van der Waals surface area contributed by atoms with E-state index in [0.29, 0.717) is 0 Å². The van der Waals surface area contributed by atoms with Gasteiger partial charge in [-0.05, 0) is 26.0 Å². The van der Waals surface area contributed by atoms with Crippen molar-refractivity contribution in [3.8, 4) is 0 Å². The van der Waals surface area contributed by atoms with Crippen molar-refractivity contribution in [3.05, 3.63) is 36.6 Å². The van der Waals surface area contributed by atoms with E-state index in [1.165, 1.54) is 13.8 Å². The second-order valence-electron chi connectivity index (χ2n) is 2.87. The average molecular weight is 176 g/mol.